The maximum absolute atomic E-state index is 12.8. The first-order valence-corrected chi connectivity index (χ1v) is 13.1. The molecule has 0 bridgehead atoms. The van der Waals surface area contributed by atoms with Crippen LogP contribution in [0, 0.1) is 0 Å². The van der Waals surface area contributed by atoms with Gasteiger partial charge < -0.3 is 9.30 Å². The molecule has 2 aromatic carbocycles. The Labute approximate surface area is 214 Å². The van der Waals surface area contributed by atoms with Crippen molar-refractivity contribution in [1.82, 2.24) is 14.5 Å². The highest BCUT2D eigenvalue weighted by molar-refractivity contribution is 6.30. The van der Waals surface area contributed by atoms with E-state index in [1.165, 1.54) is 34.9 Å². The van der Waals surface area contributed by atoms with E-state index in [-0.39, 0.29) is 12.0 Å². The largest absolute Gasteiger partial charge is 0.468 e. The van der Waals surface area contributed by atoms with Gasteiger partial charge in [-0.3, -0.25) is 9.69 Å². The number of unbranched alkanes of at least 4 members (excludes halogenated alkanes) is 1. The van der Waals surface area contributed by atoms with Gasteiger partial charge in [0.25, 0.3) is 0 Å². The van der Waals surface area contributed by atoms with E-state index in [9.17, 15) is 4.79 Å². The number of fused-ring (bicyclic) bond motifs is 1. The maximum Gasteiger partial charge on any atom is 0.323 e. The van der Waals surface area contributed by atoms with Gasteiger partial charge in [0.05, 0.1) is 12.8 Å². The van der Waals surface area contributed by atoms with Crippen molar-refractivity contribution >= 4 is 17.6 Å². The molecule has 4 rings (SSSR count). The number of aromatic nitrogens is 2. The molecule has 1 aromatic heterocycles. The van der Waals surface area contributed by atoms with E-state index in [1.807, 2.05) is 6.07 Å². The number of aryl methyl sites for hydroxylation is 2. The average Bonchev–Trinajstić information content (AvgIpc) is 3.19. The lowest BCUT2D eigenvalue weighted by Crippen LogP contribution is -2.46. The number of benzene rings is 2. The lowest BCUT2D eigenvalue weighted by atomic mass is 9.94. The third-order valence-corrected chi connectivity index (χ3v) is 7.46. The maximum atomic E-state index is 12.8. The second-order valence-electron chi connectivity index (χ2n) is 9.25. The first kappa shape index (κ1) is 25.5. The first-order chi connectivity index (χ1) is 17.0. The molecule has 1 atom stereocenters. The minimum atomic E-state index is -0.349. The first-order valence-electron chi connectivity index (χ1n) is 12.8. The second kappa shape index (κ2) is 11.4. The van der Waals surface area contributed by atoms with Gasteiger partial charge in [-0.2, -0.15) is 0 Å². The minimum Gasteiger partial charge on any atom is -0.468 e. The highest BCUT2D eigenvalue weighted by Crippen LogP contribution is 2.34. The number of ether oxygens (including phenoxy) is 1. The van der Waals surface area contributed by atoms with Crippen LogP contribution >= 0.6 is 11.6 Å². The van der Waals surface area contributed by atoms with Gasteiger partial charge in [0.1, 0.15) is 11.9 Å². The molecule has 0 saturated heterocycles. The fourth-order valence-electron chi connectivity index (χ4n) is 5.19. The molecule has 0 aliphatic carbocycles. The van der Waals surface area contributed by atoms with E-state index >= 15 is 0 Å². The molecule has 0 unspecified atom stereocenters. The highest BCUT2D eigenvalue weighted by atomic mass is 35.5. The lowest BCUT2D eigenvalue weighted by Gasteiger charge is -2.35. The van der Waals surface area contributed by atoms with Crippen LogP contribution in [0.4, 0.5) is 0 Å². The summed E-state index contributed by atoms with van der Waals surface area (Å²) in [6.45, 7) is 8.63. The number of hydrogen-bond acceptors (Lipinski definition) is 4. The summed E-state index contributed by atoms with van der Waals surface area (Å²) in [5, 5.41) is 0.520. The smallest absolute Gasteiger partial charge is 0.323 e. The molecular weight excluding hydrogens is 458 g/mol. The summed E-state index contributed by atoms with van der Waals surface area (Å²) < 4.78 is 7.50. The molecule has 2 heterocycles. The van der Waals surface area contributed by atoms with E-state index < -0.39 is 0 Å². The van der Waals surface area contributed by atoms with Gasteiger partial charge in [-0.1, -0.05) is 81.3 Å². The van der Waals surface area contributed by atoms with Crippen molar-refractivity contribution in [3.8, 4) is 11.4 Å². The summed E-state index contributed by atoms with van der Waals surface area (Å²) in [6, 6.07) is 14.5. The quantitative estimate of drug-likeness (QED) is 0.331. The van der Waals surface area contributed by atoms with Crippen molar-refractivity contribution in [1.29, 1.82) is 0 Å². The summed E-state index contributed by atoms with van der Waals surface area (Å²) in [7, 11) is 1.46. The molecule has 1 aliphatic rings. The van der Waals surface area contributed by atoms with Gasteiger partial charge >= 0.3 is 5.97 Å². The van der Waals surface area contributed by atoms with Crippen LogP contribution in [-0.4, -0.2) is 33.6 Å². The van der Waals surface area contributed by atoms with Crippen molar-refractivity contribution in [2.24, 2.45) is 0 Å². The van der Waals surface area contributed by atoms with Crippen LogP contribution in [0.3, 0.4) is 0 Å². The van der Waals surface area contributed by atoms with E-state index in [1.54, 1.807) is 0 Å². The van der Waals surface area contributed by atoms with Gasteiger partial charge in [-0.25, -0.2) is 4.98 Å². The summed E-state index contributed by atoms with van der Waals surface area (Å²) in [5.41, 5.74) is 7.19. The topological polar surface area (TPSA) is 47.4 Å². The number of imidazole rings is 1. The van der Waals surface area contributed by atoms with Crippen LogP contribution < -0.4 is 0 Å². The zero-order valence-corrected chi connectivity index (χ0v) is 22.1. The molecule has 6 heteroatoms. The summed E-state index contributed by atoms with van der Waals surface area (Å²) in [5.74, 6) is 0.736. The van der Waals surface area contributed by atoms with E-state index in [0.717, 1.165) is 43.7 Å². The fourth-order valence-corrected chi connectivity index (χ4v) is 5.43. The molecule has 5 nitrogen and oxygen atoms in total. The van der Waals surface area contributed by atoms with Gasteiger partial charge in [0.15, 0.2) is 5.15 Å². The van der Waals surface area contributed by atoms with Crippen molar-refractivity contribution in [2.45, 2.75) is 78.6 Å². The van der Waals surface area contributed by atoms with Gasteiger partial charge in [-0.05, 0) is 47.9 Å². The molecule has 0 radical (unpaired) electrons. The third-order valence-electron chi connectivity index (χ3n) is 7.15. The molecule has 0 saturated carbocycles. The Morgan fingerprint density at radius 2 is 1.74 bits per heavy atom. The van der Waals surface area contributed by atoms with Crippen molar-refractivity contribution in [3.63, 3.8) is 0 Å². The molecule has 35 heavy (non-hydrogen) atoms. The Morgan fingerprint density at radius 1 is 1.06 bits per heavy atom. The number of carbonyl (C=O) groups excluding carboxylic acids is 1. The highest BCUT2D eigenvalue weighted by Gasteiger charge is 2.34. The van der Waals surface area contributed by atoms with Crippen molar-refractivity contribution in [3.05, 3.63) is 75.6 Å². The molecule has 3 aromatic rings. The second-order valence-corrected chi connectivity index (χ2v) is 9.61. The van der Waals surface area contributed by atoms with E-state index in [2.05, 4.69) is 66.6 Å². The number of halogens is 1. The fraction of sp³-hybridized carbons (Fsp3) is 0.448. The summed E-state index contributed by atoms with van der Waals surface area (Å²) in [6.07, 6.45) is 4.61. The number of nitrogens with zero attached hydrogens (tertiary/aromatic N) is 3. The normalized spacial score (nSPS) is 15.7. The van der Waals surface area contributed by atoms with Gasteiger partial charge in [0, 0.05) is 25.2 Å². The number of carbonyl (C=O) groups is 1. The minimum absolute atomic E-state index is 0.208. The number of esters is 1. The Balaban J connectivity index is 1.79. The monoisotopic (exact) mass is 493 g/mol. The molecule has 0 fully saturated rings. The van der Waals surface area contributed by atoms with E-state index in [0.29, 0.717) is 24.7 Å². The SMILES string of the molecule is CCCCn1c(-c2c(CC)cccc2CC)nc(Cl)c1CN1Cc2ccccc2C[C@H]1C(=O)OC. The van der Waals surface area contributed by atoms with Crippen LogP contribution in [0.25, 0.3) is 11.4 Å². The van der Waals surface area contributed by atoms with Crippen LogP contribution in [0.1, 0.15) is 61.6 Å². The summed E-state index contributed by atoms with van der Waals surface area (Å²) >= 11 is 6.88. The lowest BCUT2D eigenvalue weighted by molar-refractivity contribution is -0.148. The third kappa shape index (κ3) is 5.17. The van der Waals surface area contributed by atoms with E-state index in [4.69, 9.17) is 21.3 Å². The number of rotatable bonds is 9. The van der Waals surface area contributed by atoms with Crippen LogP contribution in [0.5, 0.6) is 0 Å². The van der Waals surface area contributed by atoms with Gasteiger partial charge in [-0.15, -0.1) is 0 Å². The Morgan fingerprint density at radius 3 is 2.37 bits per heavy atom. The molecule has 0 amide bonds. The van der Waals surface area contributed by atoms with Crippen molar-refractivity contribution in [2.75, 3.05) is 7.11 Å². The van der Waals surface area contributed by atoms with Crippen molar-refractivity contribution < 1.29 is 9.53 Å². The van der Waals surface area contributed by atoms with Gasteiger partial charge in [0.2, 0.25) is 0 Å². The zero-order valence-electron chi connectivity index (χ0n) is 21.3. The predicted octanol–water partition coefficient (Wildman–Crippen LogP) is 6.23. The zero-order chi connectivity index (χ0) is 24.9. The Hall–Kier alpha value is -2.63. The summed E-state index contributed by atoms with van der Waals surface area (Å²) in [4.78, 5) is 19.9. The number of hydrogen-bond donors (Lipinski definition) is 0. The predicted molar refractivity (Wildman–Crippen MR) is 142 cm³/mol. The van der Waals surface area contributed by atoms with Crippen LogP contribution in [-0.2, 0) is 48.4 Å². The van der Waals surface area contributed by atoms with Crippen LogP contribution in [0.2, 0.25) is 5.15 Å². The standard InChI is InChI=1S/C29H36ClN3O2/c1-5-8-16-33-25(27(30)31-28(33)26-20(6-2)14-11-15-21(26)7-3)19-32-18-23-13-10-9-12-22(23)17-24(32)29(34)35-4/h9-15,24H,5-8,16-19H2,1-4H3/t24-/m0/s1. The molecule has 186 valence electrons. The Bertz CT molecular complexity index is 1160. The molecule has 1 aliphatic heterocycles. The number of methoxy groups -OCH3 is 1. The molecule has 0 spiro atoms. The Kier molecular flexibility index (Phi) is 8.30. The van der Waals surface area contributed by atoms with Crippen LogP contribution in [0.15, 0.2) is 42.5 Å². The average molecular weight is 494 g/mol. The molecular formula is C29H36ClN3O2. The molecule has 0 N–H and O–H groups in total.